The van der Waals surface area contributed by atoms with Gasteiger partial charge >= 0.3 is 0 Å². The molecule has 0 unspecified atom stereocenters. The van der Waals surface area contributed by atoms with Crippen LogP contribution >= 0.6 is 11.6 Å². The molecule has 6 nitrogen and oxygen atoms in total. The van der Waals surface area contributed by atoms with Crippen molar-refractivity contribution in [2.75, 3.05) is 13.2 Å². The highest BCUT2D eigenvalue weighted by Crippen LogP contribution is 2.37. The average Bonchev–Trinajstić information content (AvgIpc) is 2.89. The molecule has 3 rings (SSSR count). The van der Waals surface area contributed by atoms with Crippen LogP contribution in [0.4, 0.5) is 4.39 Å². The van der Waals surface area contributed by atoms with Gasteiger partial charge in [-0.05, 0) is 48.9 Å². The Hall–Kier alpha value is -2.80. The van der Waals surface area contributed by atoms with E-state index in [-0.39, 0.29) is 5.82 Å². The van der Waals surface area contributed by atoms with E-state index in [1.807, 2.05) is 0 Å². The number of ether oxygens (including phenoxy) is 3. The molecule has 2 aromatic carbocycles. The molecule has 8 heteroatoms. The van der Waals surface area contributed by atoms with Crippen molar-refractivity contribution >= 4 is 23.7 Å². The van der Waals surface area contributed by atoms with Crippen LogP contribution in [0.5, 0.6) is 17.2 Å². The number of carbonyl (C=O) groups excluding carboxylic acids is 1. The number of nitrogens with zero attached hydrogens (tertiary/aromatic N) is 1. The fraction of sp³-hybridized carbons (Fsp3) is 0.263. The van der Waals surface area contributed by atoms with E-state index in [4.69, 9.17) is 25.8 Å². The van der Waals surface area contributed by atoms with Crippen LogP contribution in [0.25, 0.3) is 0 Å². The van der Waals surface area contributed by atoms with Gasteiger partial charge < -0.3 is 14.2 Å². The number of hydrogen-bond acceptors (Lipinski definition) is 5. The smallest absolute Gasteiger partial charge is 0.280 e. The van der Waals surface area contributed by atoms with Crippen LogP contribution in [-0.4, -0.2) is 31.4 Å². The van der Waals surface area contributed by atoms with Gasteiger partial charge in [-0.2, -0.15) is 5.10 Å². The van der Waals surface area contributed by atoms with Crippen molar-refractivity contribution in [2.45, 2.75) is 19.4 Å². The topological polar surface area (TPSA) is 69.2 Å². The second kappa shape index (κ2) is 8.73. The predicted molar refractivity (Wildman–Crippen MR) is 99.3 cm³/mol. The number of nitrogens with one attached hydrogen (secondary N) is 1. The van der Waals surface area contributed by atoms with Gasteiger partial charge in [0, 0.05) is 6.42 Å². The number of carbonyl (C=O) groups is 1. The molecule has 2 aromatic rings. The number of benzene rings is 2. The third kappa shape index (κ3) is 5.10. The second-order valence-electron chi connectivity index (χ2n) is 5.83. The van der Waals surface area contributed by atoms with E-state index in [1.54, 1.807) is 19.1 Å². The minimum absolute atomic E-state index is 0.377. The molecule has 1 aliphatic rings. The molecule has 142 valence electrons. The quantitative estimate of drug-likeness (QED) is 0.624. The highest BCUT2D eigenvalue weighted by Gasteiger charge is 2.16. The average molecular weight is 393 g/mol. The van der Waals surface area contributed by atoms with Gasteiger partial charge in [0.2, 0.25) is 0 Å². The van der Waals surface area contributed by atoms with E-state index >= 15 is 0 Å². The molecule has 1 amide bonds. The molecule has 1 atom stereocenters. The van der Waals surface area contributed by atoms with Crippen LogP contribution in [0.15, 0.2) is 41.5 Å². The van der Waals surface area contributed by atoms with E-state index < -0.39 is 12.0 Å². The zero-order valence-corrected chi connectivity index (χ0v) is 15.3. The third-order valence-corrected chi connectivity index (χ3v) is 3.99. The number of hydrazone groups is 1. The summed E-state index contributed by atoms with van der Waals surface area (Å²) in [5.41, 5.74) is 3.04. The summed E-state index contributed by atoms with van der Waals surface area (Å²) in [4.78, 5) is 12.1. The summed E-state index contributed by atoms with van der Waals surface area (Å²) < 4.78 is 29.5. The first-order valence-corrected chi connectivity index (χ1v) is 8.75. The summed E-state index contributed by atoms with van der Waals surface area (Å²) >= 11 is 6.21. The Morgan fingerprint density at radius 3 is 2.81 bits per heavy atom. The summed E-state index contributed by atoms with van der Waals surface area (Å²) in [6.07, 6.45) is 1.42. The van der Waals surface area contributed by atoms with Gasteiger partial charge in [-0.15, -0.1) is 0 Å². The summed E-state index contributed by atoms with van der Waals surface area (Å²) in [5.74, 6) is 0.615. The number of halogens is 2. The van der Waals surface area contributed by atoms with Crippen molar-refractivity contribution in [1.82, 2.24) is 5.43 Å². The summed E-state index contributed by atoms with van der Waals surface area (Å²) in [5, 5.41) is 4.32. The van der Waals surface area contributed by atoms with Gasteiger partial charge in [-0.25, -0.2) is 9.82 Å². The maximum Gasteiger partial charge on any atom is 0.280 e. The first-order valence-electron chi connectivity index (χ1n) is 8.37. The van der Waals surface area contributed by atoms with Crippen molar-refractivity contribution in [2.24, 2.45) is 5.10 Å². The monoisotopic (exact) mass is 392 g/mol. The molecule has 0 spiro atoms. The minimum Gasteiger partial charge on any atom is -0.489 e. The number of amides is 1. The minimum atomic E-state index is -0.806. The molecule has 1 heterocycles. The van der Waals surface area contributed by atoms with Crippen molar-refractivity contribution in [3.63, 3.8) is 0 Å². The fourth-order valence-corrected chi connectivity index (χ4v) is 2.63. The molecule has 0 aliphatic carbocycles. The van der Waals surface area contributed by atoms with E-state index in [1.165, 1.54) is 30.5 Å². The highest BCUT2D eigenvalue weighted by molar-refractivity contribution is 6.32. The fourth-order valence-electron chi connectivity index (χ4n) is 2.36. The lowest BCUT2D eigenvalue weighted by atomic mass is 10.2. The Morgan fingerprint density at radius 2 is 2.04 bits per heavy atom. The molecule has 0 radical (unpaired) electrons. The zero-order chi connectivity index (χ0) is 19.2. The number of fused-ring (bicyclic) bond motifs is 1. The lowest BCUT2D eigenvalue weighted by molar-refractivity contribution is -0.127. The molecule has 1 N–H and O–H groups in total. The van der Waals surface area contributed by atoms with Gasteiger partial charge in [0.05, 0.1) is 24.5 Å². The molecular formula is C19H18ClFN2O4. The highest BCUT2D eigenvalue weighted by atomic mass is 35.5. The Bertz CT molecular complexity index is 842. The molecule has 0 saturated heterocycles. The Labute approximate surface area is 160 Å². The Morgan fingerprint density at radius 1 is 1.30 bits per heavy atom. The van der Waals surface area contributed by atoms with Crippen molar-refractivity contribution < 1.29 is 23.4 Å². The van der Waals surface area contributed by atoms with Crippen LogP contribution in [0.3, 0.4) is 0 Å². The Balaban J connectivity index is 1.59. The van der Waals surface area contributed by atoms with Crippen LogP contribution in [0, 0.1) is 5.82 Å². The molecular weight excluding hydrogens is 375 g/mol. The lowest BCUT2D eigenvalue weighted by Crippen LogP contribution is -2.33. The van der Waals surface area contributed by atoms with E-state index in [2.05, 4.69) is 10.5 Å². The van der Waals surface area contributed by atoms with Gasteiger partial charge in [0.25, 0.3) is 5.91 Å². The third-order valence-electron chi connectivity index (χ3n) is 3.71. The van der Waals surface area contributed by atoms with Crippen LogP contribution in [0.1, 0.15) is 18.9 Å². The lowest BCUT2D eigenvalue weighted by Gasteiger charge is -2.13. The zero-order valence-electron chi connectivity index (χ0n) is 14.6. The summed E-state index contributed by atoms with van der Waals surface area (Å²) in [7, 11) is 0. The maximum absolute atomic E-state index is 12.9. The number of rotatable bonds is 5. The van der Waals surface area contributed by atoms with E-state index in [0.717, 1.165) is 6.42 Å². The number of hydrogen-bond donors (Lipinski definition) is 1. The first-order chi connectivity index (χ1) is 13.0. The molecule has 0 bridgehead atoms. The normalized spacial score (nSPS) is 14.5. The van der Waals surface area contributed by atoms with E-state index in [9.17, 15) is 9.18 Å². The predicted octanol–water partition coefficient (Wildman–Crippen LogP) is 3.56. The van der Waals surface area contributed by atoms with Crippen LogP contribution in [-0.2, 0) is 4.79 Å². The molecule has 27 heavy (non-hydrogen) atoms. The van der Waals surface area contributed by atoms with Gasteiger partial charge in [-0.3, -0.25) is 4.79 Å². The molecule has 0 saturated carbocycles. The molecule has 0 fully saturated rings. The largest absolute Gasteiger partial charge is 0.489 e. The van der Waals surface area contributed by atoms with Crippen molar-refractivity contribution in [3.05, 3.63) is 52.8 Å². The van der Waals surface area contributed by atoms with Crippen LogP contribution in [0.2, 0.25) is 5.02 Å². The summed E-state index contributed by atoms with van der Waals surface area (Å²) in [6.45, 7) is 2.65. The molecule has 0 aromatic heterocycles. The van der Waals surface area contributed by atoms with Crippen LogP contribution < -0.4 is 19.6 Å². The SMILES string of the molecule is C[C@H](Oc1ccc(F)cc1)C(=O)N/N=C\c1cc(Cl)c2c(c1)OCCCO2. The van der Waals surface area contributed by atoms with Gasteiger partial charge in [0.1, 0.15) is 11.6 Å². The first kappa shape index (κ1) is 19.0. The van der Waals surface area contributed by atoms with Gasteiger partial charge in [-0.1, -0.05) is 11.6 Å². The summed E-state index contributed by atoms with van der Waals surface area (Å²) in [6, 6.07) is 8.81. The standard InChI is InChI=1S/C19H18ClFN2O4/c1-12(27-15-5-3-14(21)4-6-15)19(24)23-22-11-13-9-16(20)18-17(10-13)25-7-2-8-26-18/h3-6,9-12H,2,7-8H2,1H3,(H,23,24)/b22-11-/t12-/m0/s1. The van der Waals surface area contributed by atoms with Crippen molar-refractivity contribution in [3.8, 4) is 17.2 Å². The Kier molecular flexibility index (Phi) is 6.13. The van der Waals surface area contributed by atoms with Gasteiger partial charge in [0.15, 0.2) is 17.6 Å². The maximum atomic E-state index is 12.9. The second-order valence-corrected chi connectivity index (χ2v) is 6.24. The van der Waals surface area contributed by atoms with E-state index in [0.29, 0.717) is 41.0 Å². The van der Waals surface area contributed by atoms with Crippen molar-refractivity contribution in [1.29, 1.82) is 0 Å². The molecule has 1 aliphatic heterocycles.